The summed E-state index contributed by atoms with van der Waals surface area (Å²) in [5.41, 5.74) is 4.35. The predicted octanol–water partition coefficient (Wildman–Crippen LogP) is 2.21. The van der Waals surface area contributed by atoms with E-state index >= 15 is 0 Å². The molecule has 2 aromatic rings. The molecule has 0 fully saturated rings. The quantitative estimate of drug-likeness (QED) is 0.501. The van der Waals surface area contributed by atoms with Crippen molar-refractivity contribution in [3.8, 4) is 11.5 Å². The fourth-order valence-corrected chi connectivity index (χ4v) is 1.56. The highest BCUT2D eigenvalue weighted by Gasteiger charge is 2.15. The lowest BCUT2D eigenvalue weighted by Gasteiger charge is -2.09. The fourth-order valence-electron chi connectivity index (χ4n) is 1.56. The predicted molar refractivity (Wildman–Crippen MR) is 68.5 cm³/mol. The Hall–Kier alpha value is -2.83. The second-order valence-corrected chi connectivity index (χ2v) is 4.01. The molecule has 0 saturated heterocycles. The molecule has 0 aliphatic carbocycles. The van der Waals surface area contributed by atoms with Crippen molar-refractivity contribution in [2.45, 2.75) is 0 Å². The number of phenolic OH excluding ortho intramolecular Hbond substituents is 2. The number of carbonyl (C=O) groups is 1. The number of rotatable bonds is 2. The van der Waals surface area contributed by atoms with Crippen LogP contribution in [-0.4, -0.2) is 16.1 Å². The highest BCUT2D eigenvalue weighted by atomic mass is 19.1. The van der Waals surface area contributed by atoms with E-state index in [1.54, 1.807) is 0 Å². The summed E-state index contributed by atoms with van der Waals surface area (Å²) in [5, 5.41) is 20.9. The van der Waals surface area contributed by atoms with Crippen molar-refractivity contribution in [1.82, 2.24) is 0 Å². The van der Waals surface area contributed by atoms with Gasteiger partial charge in [0.2, 0.25) is 0 Å². The van der Waals surface area contributed by atoms with Gasteiger partial charge < -0.3 is 21.3 Å². The maximum absolute atomic E-state index is 13.5. The van der Waals surface area contributed by atoms with Gasteiger partial charge in [-0.2, -0.15) is 0 Å². The average Bonchev–Trinajstić information content (AvgIpc) is 2.38. The molecule has 1 amide bonds. The van der Waals surface area contributed by atoms with Crippen LogP contribution < -0.4 is 11.1 Å². The standard InChI is InChI=1S/C13H10F2N2O3/c14-8-4-9(15)11(5-10(8)16)17-13(20)7-3-6(18)1-2-12(7)19/h1-5,18-19H,16H2,(H,17,20). The summed E-state index contributed by atoms with van der Waals surface area (Å²) < 4.78 is 26.5. The SMILES string of the molecule is Nc1cc(NC(=O)c2cc(O)ccc2O)c(F)cc1F. The van der Waals surface area contributed by atoms with Crippen LogP contribution in [0, 0.1) is 11.6 Å². The molecule has 104 valence electrons. The first-order valence-corrected chi connectivity index (χ1v) is 5.46. The smallest absolute Gasteiger partial charge is 0.259 e. The summed E-state index contributed by atoms with van der Waals surface area (Å²) in [7, 11) is 0. The second-order valence-electron chi connectivity index (χ2n) is 4.01. The van der Waals surface area contributed by atoms with E-state index in [0.29, 0.717) is 6.07 Å². The molecular weight excluding hydrogens is 270 g/mol. The minimum Gasteiger partial charge on any atom is -0.508 e. The Labute approximate surface area is 112 Å². The van der Waals surface area contributed by atoms with Crippen molar-refractivity contribution in [1.29, 1.82) is 0 Å². The molecule has 5 nitrogen and oxygen atoms in total. The number of benzene rings is 2. The van der Waals surface area contributed by atoms with Crippen LogP contribution in [0.3, 0.4) is 0 Å². The number of carbonyl (C=O) groups excluding carboxylic acids is 1. The molecule has 2 aromatic carbocycles. The maximum Gasteiger partial charge on any atom is 0.259 e. The van der Waals surface area contributed by atoms with Crippen LogP contribution in [0.5, 0.6) is 11.5 Å². The molecule has 7 heteroatoms. The third-order valence-electron chi connectivity index (χ3n) is 2.56. The first-order valence-electron chi connectivity index (χ1n) is 5.46. The van der Waals surface area contributed by atoms with Crippen LogP contribution in [-0.2, 0) is 0 Å². The number of phenols is 2. The van der Waals surface area contributed by atoms with Gasteiger partial charge in [0.05, 0.1) is 16.9 Å². The molecule has 0 aliphatic rings. The first-order chi connectivity index (χ1) is 9.38. The third-order valence-corrected chi connectivity index (χ3v) is 2.56. The Morgan fingerprint density at radius 2 is 1.80 bits per heavy atom. The van der Waals surface area contributed by atoms with Gasteiger partial charge in [0, 0.05) is 6.07 Å². The molecule has 0 atom stereocenters. The van der Waals surface area contributed by atoms with Crippen LogP contribution in [0.1, 0.15) is 10.4 Å². The average molecular weight is 280 g/mol. The number of anilines is 2. The van der Waals surface area contributed by atoms with Gasteiger partial charge in [-0.25, -0.2) is 8.78 Å². The van der Waals surface area contributed by atoms with Gasteiger partial charge in [-0.15, -0.1) is 0 Å². The summed E-state index contributed by atoms with van der Waals surface area (Å²) in [6.07, 6.45) is 0. The molecular formula is C13H10F2N2O3. The largest absolute Gasteiger partial charge is 0.508 e. The topological polar surface area (TPSA) is 95.6 Å². The van der Waals surface area contributed by atoms with Gasteiger partial charge in [0.1, 0.15) is 23.1 Å². The van der Waals surface area contributed by atoms with E-state index < -0.39 is 23.3 Å². The van der Waals surface area contributed by atoms with Gasteiger partial charge in [-0.1, -0.05) is 0 Å². The number of halogens is 2. The minimum atomic E-state index is -1.01. The number of nitrogens with one attached hydrogen (secondary N) is 1. The van der Waals surface area contributed by atoms with Gasteiger partial charge in [-0.3, -0.25) is 4.79 Å². The number of amides is 1. The van der Waals surface area contributed by atoms with E-state index in [2.05, 4.69) is 5.32 Å². The Bertz CT molecular complexity index is 690. The molecule has 0 radical (unpaired) electrons. The minimum absolute atomic E-state index is 0.243. The van der Waals surface area contributed by atoms with Gasteiger partial charge in [0.15, 0.2) is 0 Å². The normalized spacial score (nSPS) is 10.3. The Balaban J connectivity index is 2.32. The zero-order chi connectivity index (χ0) is 14.9. The zero-order valence-corrected chi connectivity index (χ0v) is 10.0. The van der Waals surface area contributed by atoms with Gasteiger partial charge in [-0.05, 0) is 24.3 Å². The molecule has 0 spiro atoms. The van der Waals surface area contributed by atoms with E-state index in [1.807, 2.05) is 0 Å². The lowest BCUT2D eigenvalue weighted by atomic mass is 10.1. The summed E-state index contributed by atoms with van der Waals surface area (Å²) in [4.78, 5) is 11.9. The van der Waals surface area contributed by atoms with Crippen LogP contribution in [0.25, 0.3) is 0 Å². The molecule has 0 heterocycles. The van der Waals surface area contributed by atoms with Crippen molar-refractivity contribution in [3.63, 3.8) is 0 Å². The molecule has 0 aliphatic heterocycles. The molecule has 5 N–H and O–H groups in total. The van der Waals surface area contributed by atoms with E-state index in [4.69, 9.17) is 5.73 Å². The number of hydrogen-bond donors (Lipinski definition) is 4. The molecule has 2 rings (SSSR count). The Morgan fingerprint density at radius 3 is 2.50 bits per heavy atom. The molecule has 0 bridgehead atoms. The summed E-state index contributed by atoms with van der Waals surface area (Å²) in [6.45, 7) is 0. The highest BCUT2D eigenvalue weighted by Crippen LogP contribution is 2.25. The fraction of sp³-hybridized carbons (Fsp3) is 0. The van der Waals surface area contributed by atoms with E-state index in [1.165, 1.54) is 6.07 Å². The number of nitrogen functional groups attached to an aromatic ring is 1. The number of nitrogens with two attached hydrogens (primary N) is 1. The van der Waals surface area contributed by atoms with Crippen molar-refractivity contribution in [2.75, 3.05) is 11.1 Å². The van der Waals surface area contributed by atoms with Crippen molar-refractivity contribution in [2.24, 2.45) is 0 Å². The Morgan fingerprint density at radius 1 is 1.10 bits per heavy atom. The van der Waals surface area contributed by atoms with Gasteiger partial charge in [0.25, 0.3) is 5.91 Å². The van der Waals surface area contributed by atoms with Crippen LogP contribution in [0.15, 0.2) is 30.3 Å². The molecule has 0 aromatic heterocycles. The van der Waals surface area contributed by atoms with Crippen molar-refractivity contribution in [3.05, 3.63) is 47.5 Å². The third kappa shape index (κ3) is 2.61. The molecule has 0 unspecified atom stereocenters. The monoisotopic (exact) mass is 280 g/mol. The molecule has 0 saturated carbocycles. The summed E-state index contributed by atoms with van der Waals surface area (Å²) in [5.74, 6) is -3.46. The zero-order valence-electron chi connectivity index (χ0n) is 10.0. The molecule has 20 heavy (non-hydrogen) atoms. The van der Waals surface area contributed by atoms with Crippen molar-refractivity contribution < 1.29 is 23.8 Å². The number of aromatic hydroxyl groups is 2. The maximum atomic E-state index is 13.5. The van der Waals surface area contributed by atoms with Crippen molar-refractivity contribution >= 4 is 17.3 Å². The summed E-state index contributed by atoms with van der Waals surface area (Å²) in [6, 6.07) is 4.76. The lowest BCUT2D eigenvalue weighted by Crippen LogP contribution is -2.13. The first kappa shape index (κ1) is 13.6. The van der Waals surface area contributed by atoms with Crippen LogP contribution >= 0.6 is 0 Å². The summed E-state index contributed by atoms with van der Waals surface area (Å²) >= 11 is 0. The van der Waals surface area contributed by atoms with Crippen LogP contribution in [0.2, 0.25) is 0 Å². The highest BCUT2D eigenvalue weighted by molar-refractivity contribution is 6.06. The van der Waals surface area contributed by atoms with Crippen LogP contribution in [0.4, 0.5) is 20.2 Å². The van der Waals surface area contributed by atoms with Gasteiger partial charge >= 0.3 is 0 Å². The van der Waals surface area contributed by atoms with E-state index in [0.717, 1.165) is 18.2 Å². The Kier molecular flexibility index (Phi) is 3.43. The lowest BCUT2D eigenvalue weighted by molar-refractivity contribution is 0.102. The number of hydrogen-bond acceptors (Lipinski definition) is 4. The van der Waals surface area contributed by atoms with E-state index in [-0.39, 0.29) is 22.7 Å². The second kappa shape index (κ2) is 5.04. The van der Waals surface area contributed by atoms with E-state index in [9.17, 15) is 23.8 Å².